The highest BCUT2D eigenvalue weighted by molar-refractivity contribution is 6.04. The highest BCUT2D eigenvalue weighted by Gasteiger charge is 2.24. The number of hydrogen-bond acceptors (Lipinski definition) is 4. The highest BCUT2D eigenvalue weighted by Crippen LogP contribution is 2.18. The van der Waals surface area contributed by atoms with Crippen molar-refractivity contribution in [1.29, 1.82) is 0 Å². The molecular weight excluding hydrogens is 344 g/mol. The predicted molar refractivity (Wildman–Crippen MR) is 104 cm³/mol. The molecule has 0 saturated heterocycles. The van der Waals surface area contributed by atoms with Crippen molar-refractivity contribution in [3.63, 3.8) is 0 Å². The van der Waals surface area contributed by atoms with Gasteiger partial charge in [0.05, 0.1) is 0 Å². The lowest BCUT2D eigenvalue weighted by Gasteiger charge is -2.16. The Labute approximate surface area is 157 Å². The van der Waals surface area contributed by atoms with Crippen LogP contribution in [0.2, 0.25) is 0 Å². The molecule has 0 radical (unpaired) electrons. The van der Waals surface area contributed by atoms with E-state index >= 15 is 0 Å². The summed E-state index contributed by atoms with van der Waals surface area (Å²) < 4.78 is 0. The molecule has 7 nitrogen and oxygen atoms in total. The number of anilines is 2. The number of carbonyl (C=O) groups is 3. The van der Waals surface area contributed by atoms with E-state index in [4.69, 9.17) is 0 Å². The quantitative estimate of drug-likeness (QED) is 0.632. The Kier molecular flexibility index (Phi) is 5.71. The second-order valence-electron chi connectivity index (χ2n) is 6.50. The van der Waals surface area contributed by atoms with Crippen LogP contribution in [0, 0.1) is 0 Å². The van der Waals surface area contributed by atoms with Crippen LogP contribution in [-0.4, -0.2) is 29.9 Å². The molecule has 27 heavy (non-hydrogen) atoms. The molecular formula is C20H22N4O3. The number of rotatable bonds is 6. The normalized spacial score (nSPS) is 14.0. The van der Waals surface area contributed by atoms with Crippen molar-refractivity contribution in [2.24, 2.45) is 0 Å². The van der Waals surface area contributed by atoms with Crippen LogP contribution >= 0.6 is 0 Å². The van der Waals surface area contributed by atoms with E-state index in [0.29, 0.717) is 16.9 Å². The van der Waals surface area contributed by atoms with Crippen molar-refractivity contribution in [3.05, 3.63) is 60.2 Å². The molecule has 0 heterocycles. The maximum absolute atomic E-state index is 12.2. The summed E-state index contributed by atoms with van der Waals surface area (Å²) in [6.45, 7) is 1.66. The van der Waals surface area contributed by atoms with E-state index in [1.807, 2.05) is 6.07 Å². The SMILES string of the molecule is C[C@@H](Nc1cccc(NC(=O)c2ccccc2)c1)C(=O)NC(=O)NC1CC1. The first-order chi connectivity index (χ1) is 13.0. The van der Waals surface area contributed by atoms with Crippen LogP contribution in [0.25, 0.3) is 0 Å². The maximum Gasteiger partial charge on any atom is 0.321 e. The second-order valence-corrected chi connectivity index (χ2v) is 6.50. The lowest BCUT2D eigenvalue weighted by atomic mass is 10.2. The van der Waals surface area contributed by atoms with Crippen LogP contribution in [0.1, 0.15) is 30.1 Å². The highest BCUT2D eigenvalue weighted by atomic mass is 16.2. The van der Waals surface area contributed by atoms with Gasteiger partial charge in [-0.05, 0) is 50.1 Å². The van der Waals surface area contributed by atoms with Gasteiger partial charge in [-0.2, -0.15) is 0 Å². The van der Waals surface area contributed by atoms with E-state index in [2.05, 4.69) is 21.3 Å². The van der Waals surface area contributed by atoms with Gasteiger partial charge >= 0.3 is 6.03 Å². The molecule has 0 aliphatic heterocycles. The van der Waals surface area contributed by atoms with Crippen molar-refractivity contribution in [3.8, 4) is 0 Å². The summed E-state index contributed by atoms with van der Waals surface area (Å²) in [6, 6.07) is 15.1. The van der Waals surface area contributed by atoms with E-state index in [1.165, 1.54) is 0 Å². The van der Waals surface area contributed by atoms with E-state index in [9.17, 15) is 14.4 Å². The first-order valence-corrected chi connectivity index (χ1v) is 8.85. The summed E-state index contributed by atoms with van der Waals surface area (Å²) in [6.07, 6.45) is 1.91. The average Bonchev–Trinajstić information content (AvgIpc) is 3.46. The minimum absolute atomic E-state index is 0.186. The second kappa shape index (κ2) is 8.35. The molecule has 140 valence electrons. The molecule has 7 heteroatoms. The van der Waals surface area contributed by atoms with Crippen LogP contribution in [0.4, 0.5) is 16.2 Å². The molecule has 2 aromatic carbocycles. The first-order valence-electron chi connectivity index (χ1n) is 8.85. The van der Waals surface area contributed by atoms with Gasteiger partial charge in [-0.1, -0.05) is 24.3 Å². The molecule has 1 fully saturated rings. The third kappa shape index (κ3) is 5.57. The Morgan fingerprint density at radius 3 is 2.37 bits per heavy atom. The fourth-order valence-corrected chi connectivity index (χ4v) is 2.46. The lowest BCUT2D eigenvalue weighted by molar-refractivity contribution is -0.120. The van der Waals surface area contributed by atoms with Crippen molar-refractivity contribution in [2.45, 2.75) is 31.8 Å². The van der Waals surface area contributed by atoms with E-state index in [1.54, 1.807) is 55.5 Å². The number of nitrogens with one attached hydrogen (secondary N) is 4. The van der Waals surface area contributed by atoms with Gasteiger partial charge in [-0.3, -0.25) is 14.9 Å². The molecule has 4 amide bonds. The van der Waals surface area contributed by atoms with Crippen molar-refractivity contribution in [2.75, 3.05) is 10.6 Å². The van der Waals surface area contributed by atoms with Gasteiger partial charge in [0.1, 0.15) is 6.04 Å². The number of carbonyl (C=O) groups excluding carboxylic acids is 3. The number of hydrogen-bond donors (Lipinski definition) is 4. The summed E-state index contributed by atoms with van der Waals surface area (Å²) >= 11 is 0. The monoisotopic (exact) mass is 366 g/mol. The standard InChI is InChI=1S/C20H22N4O3/c1-13(18(25)24-20(27)23-15-10-11-15)21-16-8-5-9-17(12-16)22-19(26)14-6-3-2-4-7-14/h2-9,12-13,15,21H,10-11H2,1H3,(H,22,26)(H2,23,24,25,27)/t13-/m1/s1. The lowest BCUT2D eigenvalue weighted by Crippen LogP contribution is -2.46. The van der Waals surface area contributed by atoms with E-state index in [-0.39, 0.29) is 11.9 Å². The Bertz CT molecular complexity index is 834. The molecule has 1 aliphatic rings. The fraction of sp³-hybridized carbons (Fsp3) is 0.250. The molecule has 1 atom stereocenters. The topological polar surface area (TPSA) is 99.3 Å². The van der Waals surface area contributed by atoms with Gasteiger partial charge in [-0.25, -0.2) is 4.79 Å². The van der Waals surface area contributed by atoms with Gasteiger partial charge in [0.15, 0.2) is 0 Å². The van der Waals surface area contributed by atoms with Crippen LogP contribution in [-0.2, 0) is 4.79 Å². The summed E-state index contributed by atoms with van der Waals surface area (Å²) in [5.74, 6) is -0.637. The number of imide groups is 1. The largest absolute Gasteiger partial charge is 0.374 e. The summed E-state index contributed by atoms with van der Waals surface area (Å²) in [4.78, 5) is 36.0. The Morgan fingerprint density at radius 1 is 0.963 bits per heavy atom. The van der Waals surface area contributed by atoms with Gasteiger partial charge in [0.25, 0.3) is 5.91 Å². The van der Waals surface area contributed by atoms with E-state index in [0.717, 1.165) is 12.8 Å². The third-order valence-electron chi connectivity index (χ3n) is 4.08. The molecule has 2 aromatic rings. The number of amides is 4. The van der Waals surface area contributed by atoms with Crippen molar-refractivity contribution in [1.82, 2.24) is 10.6 Å². The molecule has 0 aromatic heterocycles. The van der Waals surface area contributed by atoms with Gasteiger partial charge < -0.3 is 16.0 Å². The molecule has 1 saturated carbocycles. The van der Waals surface area contributed by atoms with Crippen LogP contribution < -0.4 is 21.3 Å². The van der Waals surface area contributed by atoms with Gasteiger partial charge in [-0.15, -0.1) is 0 Å². The van der Waals surface area contributed by atoms with E-state index < -0.39 is 18.0 Å². The minimum atomic E-state index is -0.616. The maximum atomic E-state index is 12.2. The molecule has 0 spiro atoms. The Balaban J connectivity index is 1.55. The zero-order valence-electron chi connectivity index (χ0n) is 15.0. The molecule has 0 unspecified atom stereocenters. The summed E-state index contributed by atoms with van der Waals surface area (Å²) in [7, 11) is 0. The zero-order chi connectivity index (χ0) is 19.2. The number of urea groups is 1. The number of benzene rings is 2. The Hall–Kier alpha value is -3.35. The van der Waals surface area contributed by atoms with Crippen molar-refractivity contribution < 1.29 is 14.4 Å². The predicted octanol–water partition coefficient (Wildman–Crippen LogP) is 2.73. The van der Waals surface area contributed by atoms with Crippen LogP contribution in [0.5, 0.6) is 0 Å². The van der Waals surface area contributed by atoms with Crippen molar-refractivity contribution >= 4 is 29.2 Å². The molecule has 3 rings (SSSR count). The zero-order valence-corrected chi connectivity index (χ0v) is 15.0. The Morgan fingerprint density at radius 2 is 1.67 bits per heavy atom. The minimum Gasteiger partial charge on any atom is -0.374 e. The van der Waals surface area contributed by atoms with Gasteiger partial charge in [0, 0.05) is 23.0 Å². The third-order valence-corrected chi connectivity index (χ3v) is 4.08. The average molecular weight is 366 g/mol. The first kappa shape index (κ1) is 18.4. The van der Waals surface area contributed by atoms with Gasteiger partial charge in [0.2, 0.25) is 5.91 Å². The summed E-state index contributed by atoms with van der Waals surface area (Å²) in [5.41, 5.74) is 1.82. The molecule has 1 aliphatic carbocycles. The fourth-order valence-electron chi connectivity index (χ4n) is 2.46. The molecule has 0 bridgehead atoms. The smallest absolute Gasteiger partial charge is 0.321 e. The summed E-state index contributed by atoms with van der Waals surface area (Å²) in [5, 5.41) is 10.9. The molecule has 4 N–H and O–H groups in total. The van der Waals surface area contributed by atoms with Crippen LogP contribution in [0.15, 0.2) is 54.6 Å². The van der Waals surface area contributed by atoms with Crippen LogP contribution in [0.3, 0.4) is 0 Å².